The van der Waals surface area contributed by atoms with E-state index < -0.39 is 0 Å². The fourth-order valence-corrected chi connectivity index (χ4v) is 9.53. The van der Waals surface area contributed by atoms with Gasteiger partial charge in [0.1, 0.15) is 22.7 Å². The molecule has 68 heavy (non-hydrogen) atoms. The maximum absolute atomic E-state index is 12.6. The van der Waals surface area contributed by atoms with Gasteiger partial charge in [-0.15, -0.1) is 29.3 Å². The first-order chi connectivity index (χ1) is 31.7. The molecule has 7 aromatic carbocycles. The number of aromatic hydroxyl groups is 1. The number of rotatable bonds is 5. The summed E-state index contributed by atoms with van der Waals surface area (Å²) in [5.41, 5.74) is 14.4. The van der Waals surface area contributed by atoms with Crippen molar-refractivity contribution in [2.75, 3.05) is 0 Å². The minimum Gasteiger partial charge on any atom is -0.507 e. The topological polar surface area (TPSA) is 64.1 Å². The van der Waals surface area contributed by atoms with E-state index in [1.807, 2.05) is 12.3 Å². The Bertz CT molecular complexity index is 3570. The number of aromatic nitrogens is 3. The van der Waals surface area contributed by atoms with Gasteiger partial charge >= 0.3 is 0 Å². The third kappa shape index (κ3) is 8.17. The van der Waals surface area contributed by atoms with Gasteiger partial charge in [-0.1, -0.05) is 185 Å². The summed E-state index contributed by atoms with van der Waals surface area (Å²) < 4.78 is 8.92. The van der Waals surface area contributed by atoms with Crippen molar-refractivity contribution in [1.82, 2.24) is 14.5 Å². The van der Waals surface area contributed by atoms with E-state index in [4.69, 9.17) is 14.4 Å². The first kappa shape index (κ1) is 46.8. The predicted molar refractivity (Wildman–Crippen MR) is 281 cm³/mol. The van der Waals surface area contributed by atoms with Crippen LogP contribution in [0.4, 0.5) is 0 Å². The molecule has 0 saturated carbocycles. The fourth-order valence-electron chi connectivity index (χ4n) is 9.53. The zero-order chi connectivity index (χ0) is 47.4. The molecule has 0 unspecified atom stereocenters. The Hall–Kier alpha value is -6.29. The summed E-state index contributed by atoms with van der Waals surface area (Å²) in [6, 6.07) is 51.3. The van der Waals surface area contributed by atoms with Crippen molar-refractivity contribution in [3.63, 3.8) is 0 Å². The molecule has 10 aromatic rings. The van der Waals surface area contributed by atoms with Crippen LogP contribution < -0.4 is 0 Å². The van der Waals surface area contributed by atoms with Gasteiger partial charge in [-0.3, -0.25) is 9.55 Å². The molecule has 0 radical (unpaired) electrons. The Morgan fingerprint density at radius 3 is 1.93 bits per heavy atom. The Morgan fingerprint density at radius 2 is 1.22 bits per heavy atom. The molecule has 0 saturated heterocycles. The fraction of sp³-hybridized carbons (Fsp3) is 0.258. The summed E-state index contributed by atoms with van der Waals surface area (Å²) in [6.07, 6.45) is 1.84. The van der Waals surface area contributed by atoms with Crippen molar-refractivity contribution in [3.05, 3.63) is 168 Å². The van der Waals surface area contributed by atoms with Gasteiger partial charge in [-0.05, 0) is 74.1 Å². The van der Waals surface area contributed by atoms with Crippen LogP contribution in [-0.2, 0) is 42.7 Å². The second-order valence-electron chi connectivity index (χ2n) is 22.5. The first-order valence-electron chi connectivity index (χ1n) is 23.5. The van der Waals surface area contributed by atoms with Gasteiger partial charge in [0.05, 0.1) is 22.3 Å². The smallest absolute Gasteiger partial charge is 0.148 e. The molecule has 1 N–H and O–H groups in total. The number of hydrogen-bond donors (Lipinski definition) is 1. The van der Waals surface area contributed by atoms with Crippen molar-refractivity contribution in [1.29, 1.82) is 0 Å². The van der Waals surface area contributed by atoms with Gasteiger partial charge in [0, 0.05) is 60.2 Å². The minimum atomic E-state index is -0.339. The molecule has 0 aliphatic rings. The number of fused-ring (bicyclic) bond motifs is 6. The molecule has 3 aromatic heterocycles. The van der Waals surface area contributed by atoms with E-state index in [1.165, 1.54) is 5.56 Å². The number of pyridine rings is 1. The average molecular weight is 1070 g/mol. The average Bonchev–Trinajstić information content (AvgIpc) is 3.87. The molecular weight excluding hydrogens is 1010 g/mol. The van der Waals surface area contributed by atoms with Crippen LogP contribution in [0.15, 0.2) is 144 Å². The number of phenols is 1. The number of para-hydroxylation sites is 1. The summed E-state index contributed by atoms with van der Waals surface area (Å²) >= 11 is 0. The monoisotopic (exact) mass is 1070 g/mol. The molecule has 0 amide bonds. The summed E-state index contributed by atoms with van der Waals surface area (Å²) in [5.74, 6) is 0.919. The standard InChI is InChI=1S/C62H60N3O2.Pt/c1-59(2,3)41-26-28-50(47(34-41)37-19-14-13-15-20-37)65-51-24-18-23-44(55(51)64-58(65)48-35-43(61(7,8)9)36-49(56(48)66)62(10,11)12)39-31-40(33-42(32-39)60(4,5)6)54-53-46-27-25-38-21-16-17-22-45(38)57(46)67-52(53)29-30-63-54;/h13-30,32-36,66H,1-12H3;/q-1;. The Labute approximate surface area is 415 Å². The summed E-state index contributed by atoms with van der Waals surface area (Å²) in [5, 5.41) is 16.8. The maximum Gasteiger partial charge on any atom is 0.148 e. The largest absolute Gasteiger partial charge is 0.507 e. The quantitative estimate of drug-likeness (QED) is 0.174. The molecule has 3 heterocycles. The zero-order valence-corrected chi connectivity index (χ0v) is 43.6. The molecule has 5 nitrogen and oxygen atoms in total. The van der Waals surface area contributed by atoms with Crippen LogP contribution in [0.5, 0.6) is 5.75 Å². The molecule has 0 atom stereocenters. The van der Waals surface area contributed by atoms with Crippen LogP contribution in [0.3, 0.4) is 0 Å². The molecule has 10 rings (SSSR count). The molecule has 6 heteroatoms. The molecule has 0 bridgehead atoms. The number of phenolic OH excluding ortho intramolecular Hbond substituents is 1. The molecule has 346 valence electrons. The van der Waals surface area contributed by atoms with Crippen LogP contribution >= 0.6 is 0 Å². The summed E-state index contributed by atoms with van der Waals surface area (Å²) in [7, 11) is 0. The molecular formula is C62H60N3O2Pt-. The van der Waals surface area contributed by atoms with Crippen LogP contribution in [-0.4, -0.2) is 19.6 Å². The Kier molecular flexibility index (Phi) is 11.5. The van der Waals surface area contributed by atoms with Gasteiger partial charge in [0.2, 0.25) is 0 Å². The van der Waals surface area contributed by atoms with Gasteiger partial charge in [-0.25, -0.2) is 4.98 Å². The first-order valence-corrected chi connectivity index (χ1v) is 23.5. The van der Waals surface area contributed by atoms with E-state index in [0.29, 0.717) is 11.4 Å². The summed E-state index contributed by atoms with van der Waals surface area (Å²) in [4.78, 5) is 10.8. The van der Waals surface area contributed by atoms with Gasteiger partial charge in [0.15, 0.2) is 0 Å². The van der Waals surface area contributed by atoms with Crippen molar-refractivity contribution in [2.24, 2.45) is 0 Å². The Morgan fingerprint density at radius 1 is 0.559 bits per heavy atom. The second-order valence-corrected chi connectivity index (χ2v) is 22.5. The predicted octanol–water partition coefficient (Wildman–Crippen LogP) is 16.8. The van der Waals surface area contributed by atoms with Crippen LogP contribution in [0.25, 0.3) is 94.3 Å². The van der Waals surface area contributed by atoms with Crippen molar-refractivity contribution in [3.8, 4) is 56.3 Å². The normalized spacial score (nSPS) is 12.6. The van der Waals surface area contributed by atoms with E-state index in [2.05, 4.69) is 221 Å². The molecule has 0 aliphatic carbocycles. The van der Waals surface area contributed by atoms with E-state index in [1.54, 1.807) is 0 Å². The molecule has 0 spiro atoms. The van der Waals surface area contributed by atoms with Gasteiger partial charge in [-0.2, -0.15) is 0 Å². The van der Waals surface area contributed by atoms with Crippen molar-refractivity contribution in [2.45, 2.75) is 105 Å². The van der Waals surface area contributed by atoms with Crippen LogP contribution in [0.2, 0.25) is 0 Å². The van der Waals surface area contributed by atoms with E-state index >= 15 is 0 Å². The van der Waals surface area contributed by atoms with E-state index in [-0.39, 0.29) is 48.5 Å². The van der Waals surface area contributed by atoms with Gasteiger partial charge in [0.25, 0.3) is 0 Å². The second kappa shape index (κ2) is 16.7. The maximum atomic E-state index is 12.6. The number of hydrogen-bond acceptors (Lipinski definition) is 4. The third-order valence-corrected chi connectivity index (χ3v) is 13.5. The van der Waals surface area contributed by atoms with Crippen molar-refractivity contribution < 1.29 is 30.6 Å². The van der Waals surface area contributed by atoms with Crippen LogP contribution in [0.1, 0.15) is 105 Å². The minimum absolute atomic E-state index is 0. The zero-order valence-electron chi connectivity index (χ0n) is 41.3. The number of furan rings is 1. The van der Waals surface area contributed by atoms with Crippen LogP contribution in [0, 0.1) is 6.07 Å². The third-order valence-electron chi connectivity index (χ3n) is 13.5. The number of benzene rings is 7. The SMILES string of the molecule is CC(C)(C)c1cc(-c2cccc3c2nc(-c2cc(C(C)(C)C)cc(C(C)(C)C)c2O)n3-c2ccc(C(C)(C)C)cc2-c2ccccc2)[c-]c(-c2nccc3oc4c5ccccc5ccc4c23)c1.[Pt]. The van der Waals surface area contributed by atoms with Crippen molar-refractivity contribution >= 4 is 43.7 Å². The van der Waals surface area contributed by atoms with E-state index in [9.17, 15) is 5.11 Å². The Balaban J connectivity index is 0.00000578. The van der Waals surface area contributed by atoms with Gasteiger partial charge < -0.3 is 9.52 Å². The molecule has 0 fully saturated rings. The number of nitrogens with zero attached hydrogens (tertiary/aromatic N) is 3. The summed E-state index contributed by atoms with van der Waals surface area (Å²) in [6.45, 7) is 26.7. The van der Waals surface area contributed by atoms with E-state index in [0.717, 1.165) is 99.6 Å². The molecule has 0 aliphatic heterocycles. The number of imidazole rings is 1.